The molecule has 0 radical (unpaired) electrons. The van der Waals surface area contributed by atoms with Crippen LogP contribution in [-0.2, 0) is 10.0 Å². The summed E-state index contributed by atoms with van der Waals surface area (Å²) >= 11 is 5.93. The van der Waals surface area contributed by atoms with Gasteiger partial charge in [-0.1, -0.05) is 30.2 Å². The van der Waals surface area contributed by atoms with E-state index in [2.05, 4.69) is 11.8 Å². The van der Waals surface area contributed by atoms with Gasteiger partial charge in [-0.05, 0) is 69.0 Å². The first-order valence-corrected chi connectivity index (χ1v) is 14.2. The lowest BCUT2D eigenvalue weighted by Gasteiger charge is -2.37. The van der Waals surface area contributed by atoms with Crippen molar-refractivity contribution >= 4 is 32.5 Å². The second kappa shape index (κ2) is 10.4. The van der Waals surface area contributed by atoms with E-state index in [1.165, 1.54) is 19.3 Å². The van der Waals surface area contributed by atoms with Crippen LogP contribution >= 0.6 is 11.6 Å². The summed E-state index contributed by atoms with van der Waals surface area (Å²) < 4.78 is 34.0. The van der Waals surface area contributed by atoms with Crippen molar-refractivity contribution in [3.05, 3.63) is 59.4 Å². The first-order valence-electron chi connectivity index (χ1n) is 12.3. The predicted octanol–water partition coefficient (Wildman–Crippen LogP) is 5.06. The number of benzene rings is 2. The molecule has 5 rings (SSSR count). The molecule has 1 aliphatic heterocycles. The highest BCUT2D eigenvalue weighted by Crippen LogP contribution is 2.30. The van der Waals surface area contributed by atoms with Gasteiger partial charge in [0.25, 0.3) is 0 Å². The van der Waals surface area contributed by atoms with Crippen molar-refractivity contribution in [2.45, 2.75) is 56.1 Å². The fourth-order valence-corrected chi connectivity index (χ4v) is 6.48. The molecule has 0 unspecified atom stereocenters. The van der Waals surface area contributed by atoms with Crippen molar-refractivity contribution in [3.63, 3.8) is 0 Å². The lowest BCUT2D eigenvalue weighted by molar-refractivity contribution is 0.135. The Labute approximate surface area is 212 Å². The Morgan fingerprint density at radius 3 is 2.34 bits per heavy atom. The average Bonchev–Trinajstić information content (AvgIpc) is 2.89. The minimum atomic E-state index is -3.55. The Balaban J connectivity index is 1.32. The highest BCUT2D eigenvalue weighted by atomic mass is 35.5. The molecule has 2 fully saturated rings. The lowest BCUT2D eigenvalue weighted by Crippen LogP contribution is -2.49. The second-order valence-corrected chi connectivity index (χ2v) is 11.7. The topological polar surface area (TPSA) is 75.6 Å². The number of fused-ring (bicyclic) bond motifs is 1. The van der Waals surface area contributed by atoms with Crippen LogP contribution in [0.15, 0.2) is 53.4 Å². The van der Waals surface area contributed by atoms with Crippen molar-refractivity contribution in [2.24, 2.45) is 0 Å². The van der Waals surface area contributed by atoms with Crippen molar-refractivity contribution in [2.75, 3.05) is 26.2 Å². The number of aromatic nitrogens is 2. The molecule has 7 nitrogen and oxygen atoms in total. The lowest BCUT2D eigenvalue weighted by atomic mass is 9.98. The van der Waals surface area contributed by atoms with E-state index in [1.807, 2.05) is 24.3 Å². The molecular weight excluding hydrogens is 484 g/mol. The van der Waals surface area contributed by atoms with Gasteiger partial charge in [0.15, 0.2) is 0 Å². The molecule has 9 heteroatoms. The number of rotatable bonds is 6. The molecule has 0 bridgehead atoms. The normalized spacial score (nSPS) is 19.6. The molecule has 0 spiro atoms. The van der Waals surface area contributed by atoms with Gasteiger partial charge in [0.2, 0.25) is 15.9 Å². The Morgan fingerprint density at radius 2 is 1.63 bits per heavy atom. The van der Waals surface area contributed by atoms with Gasteiger partial charge >= 0.3 is 0 Å². The Kier molecular flexibility index (Phi) is 7.25. The van der Waals surface area contributed by atoms with Gasteiger partial charge in [-0.15, -0.1) is 0 Å². The standard InChI is InChI=1S/C26H31ClN4O3S/c1-19(30-15-17-31(18-16-30)35(32,33)22-13-11-20(27)12-14-22)25-28-24-10-6-5-9-23(24)26(29-25)34-21-7-3-2-4-8-21/h5-6,9-14,19,21H,2-4,7-8,15-18H2,1H3/t19-/m0/s1. The summed E-state index contributed by atoms with van der Waals surface area (Å²) in [4.78, 5) is 12.2. The van der Waals surface area contributed by atoms with E-state index >= 15 is 0 Å². The molecule has 0 amide bonds. The molecule has 35 heavy (non-hydrogen) atoms. The summed E-state index contributed by atoms with van der Waals surface area (Å²) in [7, 11) is -3.55. The molecule has 186 valence electrons. The predicted molar refractivity (Wildman–Crippen MR) is 137 cm³/mol. The number of halogens is 1. The van der Waals surface area contributed by atoms with Gasteiger partial charge in [0.05, 0.1) is 21.8 Å². The maximum absolute atomic E-state index is 13.0. The second-order valence-electron chi connectivity index (χ2n) is 9.35. The fraction of sp³-hybridized carbons (Fsp3) is 0.462. The van der Waals surface area contributed by atoms with E-state index in [0.717, 1.165) is 23.7 Å². The van der Waals surface area contributed by atoms with E-state index in [0.29, 0.717) is 42.9 Å². The highest BCUT2D eigenvalue weighted by molar-refractivity contribution is 7.89. The van der Waals surface area contributed by atoms with E-state index in [-0.39, 0.29) is 17.0 Å². The van der Waals surface area contributed by atoms with Crippen LogP contribution in [0.2, 0.25) is 5.02 Å². The molecular formula is C26H31ClN4O3S. The summed E-state index contributed by atoms with van der Waals surface area (Å²) in [5.41, 5.74) is 0.874. The third-order valence-corrected chi connectivity index (χ3v) is 9.23. The number of nitrogens with zero attached hydrogens (tertiary/aromatic N) is 4. The molecule has 1 atom stereocenters. The van der Waals surface area contributed by atoms with Crippen LogP contribution in [-0.4, -0.2) is 59.9 Å². The van der Waals surface area contributed by atoms with Crippen molar-refractivity contribution in [1.29, 1.82) is 0 Å². The van der Waals surface area contributed by atoms with E-state index < -0.39 is 10.0 Å². The van der Waals surface area contributed by atoms with Crippen molar-refractivity contribution < 1.29 is 13.2 Å². The van der Waals surface area contributed by atoms with E-state index in [9.17, 15) is 8.42 Å². The summed E-state index contributed by atoms with van der Waals surface area (Å²) in [6, 6.07) is 14.3. The summed E-state index contributed by atoms with van der Waals surface area (Å²) in [5.74, 6) is 1.37. The van der Waals surface area contributed by atoms with Crippen LogP contribution in [0.4, 0.5) is 0 Å². The first kappa shape index (κ1) is 24.4. The Bertz CT molecular complexity index is 1270. The van der Waals surface area contributed by atoms with Crippen LogP contribution in [0.1, 0.15) is 50.9 Å². The summed E-state index contributed by atoms with van der Waals surface area (Å²) in [6.07, 6.45) is 5.99. The first-order chi connectivity index (χ1) is 16.9. The molecule has 1 aromatic heterocycles. The molecule has 2 heterocycles. The number of para-hydroxylation sites is 1. The molecule has 1 saturated heterocycles. The van der Waals surface area contributed by atoms with Gasteiger partial charge in [-0.25, -0.2) is 13.4 Å². The third kappa shape index (κ3) is 5.31. The molecule has 2 aromatic carbocycles. The number of ether oxygens (including phenoxy) is 1. The Morgan fingerprint density at radius 1 is 0.943 bits per heavy atom. The minimum Gasteiger partial charge on any atom is -0.474 e. The van der Waals surface area contributed by atoms with Gasteiger partial charge in [-0.3, -0.25) is 4.90 Å². The van der Waals surface area contributed by atoms with Crippen LogP contribution in [0.25, 0.3) is 10.9 Å². The number of piperazine rings is 1. The zero-order chi connectivity index (χ0) is 24.4. The molecule has 0 N–H and O–H groups in total. The van der Waals surface area contributed by atoms with E-state index in [1.54, 1.807) is 28.6 Å². The van der Waals surface area contributed by atoms with Crippen LogP contribution in [0, 0.1) is 0 Å². The average molecular weight is 515 g/mol. The van der Waals surface area contributed by atoms with Crippen LogP contribution in [0.5, 0.6) is 5.88 Å². The van der Waals surface area contributed by atoms with Gasteiger partial charge < -0.3 is 4.74 Å². The van der Waals surface area contributed by atoms with Crippen molar-refractivity contribution in [1.82, 2.24) is 19.2 Å². The van der Waals surface area contributed by atoms with Gasteiger partial charge in [0.1, 0.15) is 11.9 Å². The SMILES string of the molecule is C[C@@H](c1nc(OC2CCCCC2)c2ccccc2n1)N1CCN(S(=O)(=O)c2ccc(Cl)cc2)CC1. The Hall–Kier alpha value is -2.26. The van der Waals surface area contributed by atoms with Gasteiger partial charge in [-0.2, -0.15) is 9.29 Å². The highest BCUT2D eigenvalue weighted by Gasteiger charge is 2.31. The van der Waals surface area contributed by atoms with Crippen LogP contribution < -0.4 is 4.74 Å². The maximum atomic E-state index is 13.0. The smallest absolute Gasteiger partial charge is 0.243 e. The molecule has 3 aromatic rings. The largest absolute Gasteiger partial charge is 0.474 e. The molecule has 2 aliphatic rings. The molecule has 1 saturated carbocycles. The summed E-state index contributed by atoms with van der Waals surface area (Å²) in [5, 5.41) is 1.46. The van der Waals surface area contributed by atoms with Crippen LogP contribution in [0.3, 0.4) is 0 Å². The zero-order valence-electron chi connectivity index (χ0n) is 19.9. The van der Waals surface area contributed by atoms with Gasteiger partial charge in [0, 0.05) is 31.2 Å². The molecule has 1 aliphatic carbocycles. The maximum Gasteiger partial charge on any atom is 0.243 e. The number of hydrogen-bond acceptors (Lipinski definition) is 6. The quantitative estimate of drug-likeness (QED) is 0.457. The third-order valence-electron chi connectivity index (χ3n) is 7.06. The monoisotopic (exact) mass is 514 g/mol. The summed E-state index contributed by atoms with van der Waals surface area (Å²) in [6.45, 7) is 4.10. The minimum absolute atomic E-state index is 0.0614. The number of sulfonamides is 1. The van der Waals surface area contributed by atoms with Crippen molar-refractivity contribution in [3.8, 4) is 5.88 Å². The zero-order valence-corrected chi connectivity index (χ0v) is 21.5. The fourth-order valence-electron chi connectivity index (χ4n) is 4.93. The number of hydrogen-bond donors (Lipinski definition) is 0. The van der Waals surface area contributed by atoms with E-state index in [4.69, 9.17) is 26.3 Å².